The number of hydrogen-bond donors (Lipinski definition) is 3. The number of nitriles is 1. The van der Waals surface area contributed by atoms with Crippen molar-refractivity contribution in [2.75, 3.05) is 12.8 Å². The number of fused-ring (bicyclic) bond motifs is 1. The minimum absolute atomic E-state index is 0.00295. The number of amides is 1. The second-order valence-corrected chi connectivity index (χ2v) is 7.56. The van der Waals surface area contributed by atoms with Gasteiger partial charge in [0.2, 0.25) is 5.88 Å². The molecule has 4 aromatic rings. The lowest BCUT2D eigenvalue weighted by atomic mass is 10.0. The molecule has 0 bridgehead atoms. The summed E-state index contributed by atoms with van der Waals surface area (Å²) >= 11 is 0. The molecule has 0 saturated heterocycles. The zero-order valence-electron chi connectivity index (χ0n) is 18.5. The molecule has 1 aromatic carbocycles. The molecule has 0 aliphatic rings. The van der Waals surface area contributed by atoms with Crippen LogP contribution in [0.4, 0.5) is 19.0 Å². The molecule has 1 amide bonds. The fourth-order valence-electron chi connectivity index (χ4n) is 3.62. The van der Waals surface area contributed by atoms with Gasteiger partial charge in [0.25, 0.3) is 5.91 Å². The summed E-state index contributed by atoms with van der Waals surface area (Å²) in [6.07, 6.45) is -1.64. The van der Waals surface area contributed by atoms with E-state index in [9.17, 15) is 23.2 Å². The predicted octanol–water partition coefficient (Wildman–Crippen LogP) is 3.34. The number of H-pyrrole nitrogens is 1. The highest BCUT2D eigenvalue weighted by Gasteiger charge is 2.40. The molecule has 0 saturated carbocycles. The van der Waals surface area contributed by atoms with Crippen molar-refractivity contribution in [3.63, 3.8) is 0 Å². The number of alkyl halides is 3. The minimum atomic E-state index is -4.60. The Morgan fingerprint density at radius 1 is 1.37 bits per heavy atom. The molecule has 4 rings (SSSR count). The summed E-state index contributed by atoms with van der Waals surface area (Å²) in [5, 5.41) is 23.7. The maximum atomic E-state index is 13.3. The number of hydrogen-bond acceptors (Lipinski definition) is 7. The van der Waals surface area contributed by atoms with Crippen molar-refractivity contribution >= 4 is 22.6 Å². The molecule has 180 valence electrons. The number of carbonyl (C=O) groups excluding carboxylic acids is 1. The van der Waals surface area contributed by atoms with E-state index in [0.29, 0.717) is 26.7 Å². The van der Waals surface area contributed by atoms with E-state index < -0.39 is 18.1 Å². The average Bonchev–Trinajstić information content (AvgIpc) is 3.46. The molecular formula is C22H19F3N8O2. The molecule has 35 heavy (non-hydrogen) atoms. The number of benzene rings is 1. The van der Waals surface area contributed by atoms with Crippen LogP contribution in [-0.2, 0) is 6.54 Å². The number of nitrogens with zero attached hydrogens (tertiary/aromatic N) is 5. The molecule has 0 spiro atoms. The van der Waals surface area contributed by atoms with Gasteiger partial charge in [-0.3, -0.25) is 9.89 Å². The Balaban J connectivity index is 1.69. The number of carbonyl (C=O) groups is 1. The smallest absolute Gasteiger partial charge is 0.410 e. The molecule has 0 aliphatic heterocycles. The Bertz CT molecular complexity index is 1450. The fourth-order valence-corrected chi connectivity index (χ4v) is 3.62. The third-order valence-electron chi connectivity index (χ3n) is 5.51. The van der Waals surface area contributed by atoms with Crippen molar-refractivity contribution < 1.29 is 22.7 Å². The quantitative estimate of drug-likeness (QED) is 0.380. The van der Waals surface area contributed by atoms with Crippen molar-refractivity contribution in [2.45, 2.75) is 25.7 Å². The molecule has 13 heteroatoms. The molecular weight excluding hydrogens is 465 g/mol. The number of aromatic nitrogens is 5. The summed E-state index contributed by atoms with van der Waals surface area (Å²) in [7, 11) is 1.41. The van der Waals surface area contributed by atoms with Gasteiger partial charge in [-0.1, -0.05) is 12.1 Å². The van der Waals surface area contributed by atoms with Gasteiger partial charge in [0.1, 0.15) is 34.7 Å². The van der Waals surface area contributed by atoms with E-state index in [1.807, 2.05) is 6.07 Å². The van der Waals surface area contributed by atoms with E-state index >= 15 is 0 Å². The Kier molecular flexibility index (Phi) is 6.04. The first-order valence-electron chi connectivity index (χ1n) is 10.2. The van der Waals surface area contributed by atoms with Crippen LogP contribution in [0.5, 0.6) is 5.88 Å². The lowest BCUT2D eigenvalue weighted by Gasteiger charge is -2.17. The number of aromatic amines is 1. The summed E-state index contributed by atoms with van der Waals surface area (Å²) in [5.74, 6) is -0.617. The summed E-state index contributed by atoms with van der Waals surface area (Å²) in [5.41, 5.74) is 7.47. The van der Waals surface area contributed by atoms with E-state index in [1.54, 1.807) is 24.3 Å². The normalized spacial score (nSPS) is 12.3. The summed E-state index contributed by atoms with van der Waals surface area (Å²) in [4.78, 5) is 16.6. The van der Waals surface area contributed by atoms with Crippen molar-refractivity contribution in [1.29, 1.82) is 5.26 Å². The van der Waals surface area contributed by atoms with Gasteiger partial charge in [-0.15, -0.1) is 0 Å². The van der Waals surface area contributed by atoms with Gasteiger partial charge in [0.05, 0.1) is 18.8 Å². The van der Waals surface area contributed by atoms with Crippen LogP contribution >= 0.6 is 0 Å². The van der Waals surface area contributed by atoms with Crippen molar-refractivity contribution in [3.05, 3.63) is 53.3 Å². The van der Waals surface area contributed by atoms with Gasteiger partial charge in [0.15, 0.2) is 0 Å². The third-order valence-corrected chi connectivity index (χ3v) is 5.51. The number of anilines is 1. The van der Waals surface area contributed by atoms with Crippen molar-refractivity contribution in [1.82, 2.24) is 30.3 Å². The van der Waals surface area contributed by atoms with Crippen LogP contribution in [0, 0.1) is 11.3 Å². The molecule has 0 aliphatic carbocycles. The number of nitrogens with two attached hydrogens (primary N) is 1. The van der Waals surface area contributed by atoms with Crippen LogP contribution in [0.15, 0.2) is 36.7 Å². The first-order valence-corrected chi connectivity index (χ1v) is 10.2. The Labute approximate surface area is 196 Å². The van der Waals surface area contributed by atoms with Gasteiger partial charge in [-0.25, -0.2) is 9.67 Å². The second-order valence-electron chi connectivity index (χ2n) is 7.56. The molecule has 0 fully saturated rings. The number of methoxy groups -OCH3 is 1. The average molecular weight is 484 g/mol. The van der Waals surface area contributed by atoms with E-state index in [-0.39, 0.29) is 35.1 Å². The number of pyridine rings is 1. The molecule has 0 radical (unpaired) electrons. The standard InChI is InChI=1S/C22H19F3N8O2/c1-11(22(23,24)25)33-19(27)15(8-26)18(32-33)13-6-5-12(17-16(13)10-30-31-17)9-29-20(34)14-4-3-7-28-21(14)35-2/h3-7,10-11H,9,27H2,1-2H3,(H,29,34)(H,30,31). The number of halogens is 3. The zero-order chi connectivity index (χ0) is 25.3. The van der Waals surface area contributed by atoms with Crippen LogP contribution in [0.2, 0.25) is 0 Å². The van der Waals surface area contributed by atoms with Gasteiger partial charge in [0, 0.05) is 23.7 Å². The third kappa shape index (κ3) is 4.21. The number of nitrogen functional groups attached to an aromatic ring is 1. The SMILES string of the molecule is COc1ncccc1C(=O)NCc1ccc(-c2nn(C(C)C(F)(F)F)c(N)c2C#N)c2cn[nH]c12. The van der Waals surface area contributed by atoms with Crippen molar-refractivity contribution in [3.8, 4) is 23.2 Å². The van der Waals surface area contributed by atoms with Crippen LogP contribution in [0.1, 0.15) is 34.5 Å². The molecule has 3 aromatic heterocycles. The Morgan fingerprint density at radius 2 is 2.14 bits per heavy atom. The molecule has 10 nitrogen and oxygen atoms in total. The molecule has 4 N–H and O–H groups in total. The van der Waals surface area contributed by atoms with Crippen LogP contribution in [0.25, 0.3) is 22.2 Å². The minimum Gasteiger partial charge on any atom is -0.480 e. The number of nitrogens with one attached hydrogen (secondary N) is 2. The van der Waals surface area contributed by atoms with E-state index in [2.05, 4.69) is 25.6 Å². The highest BCUT2D eigenvalue weighted by Crippen LogP contribution is 2.37. The maximum absolute atomic E-state index is 13.3. The van der Waals surface area contributed by atoms with Gasteiger partial charge >= 0.3 is 6.18 Å². The van der Waals surface area contributed by atoms with Crippen LogP contribution in [0.3, 0.4) is 0 Å². The topological polar surface area (TPSA) is 148 Å². The lowest BCUT2D eigenvalue weighted by molar-refractivity contribution is -0.164. The van der Waals surface area contributed by atoms with Crippen LogP contribution < -0.4 is 15.8 Å². The fraction of sp³-hybridized carbons (Fsp3) is 0.227. The molecule has 3 heterocycles. The lowest BCUT2D eigenvalue weighted by Crippen LogP contribution is -2.25. The maximum Gasteiger partial charge on any atom is 0.410 e. The summed E-state index contributed by atoms with van der Waals surface area (Å²) in [6, 6.07) is 6.25. The Morgan fingerprint density at radius 3 is 2.83 bits per heavy atom. The molecule has 1 atom stereocenters. The second kappa shape index (κ2) is 8.98. The van der Waals surface area contributed by atoms with Crippen molar-refractivity contribution in [2.24, 2.45) is 0 Å². The largest absolute Gasteiger partial charge is 0.480 e. The van der Waals surface area contributed by atoms with E-state index in [1.165, 1.54) is 19.5 Å². The highest BCUT2D eigenvalue weighted by atomic mass is 19.4. The summed E-state index contributed by atoms with van der Waals surface area (Å²) in [6.45, 7) is 1.01. The van der Waals surface area contributed by atoms with Gasteiger partial charge < -0.3 is 15.8 Å². The first-order chi connectivity index (χ1) is 16.7. The summed E-state index contributed by atoms with van der Waals surface area (Å²) < 4.78 is 45.5. The Hall–Kier alpha value is -4.60. The predicted molar refractivity (Wildman–Crippen MR) is 119 cm³/mol. The first kappa shape index (κ1) is 23.6. The zero-order valence-corrected chi connectivity index (χ0v) is 18.5. The molecule has 1 unspecified atom stereocenters. The van der Waals surface area contributed by atoms with Gasteiger partial charge in [-0.05, 0) is 24.6 Å². The number of rotatable bonds is 6. The van der Waals surface area contributed by atoms with Gasteiger partial charge in [-0.2, -0.15) is 28.6 Å². The van der Waals surface area contributed by atoms with E-state index in [0.717, 1.165) is 6.92 Å². The van der Waals surface area contributed by atoms with Crippen LogP contribution in [-0.4, -0.2) is 44.2 Å². The monoisotopic (exact) mass is 484 g/mol. The highest BCUT2D eigenvalue weighted by molar-refractivity contribution is 5.98. The number of ether oxygens (including phenoxy) is 1. The van der Waals surface area contributed by atoms with E-state index in [4.69, 9.17) is 10.5 Å².